The molecule has 0 amide bonds. The first-order valence-corrected chi connectivity index (χ1v) is 6.56. The number of benzene rings is 1. The summed E-state index contributed by atoms with van der Waals surface area (Å²) in [4.78, 5) is 25.8. The molecule has 1 aromatic carbocycles. The molecular formula is C15H12N4O2. The molecule has 0 bridgehead atoms. The van der Waals surface area contributed by atoms with Crippen molar-refractivity contribution in [3.8, 4) is 11.5 Å². The molecule has 0 saturated heterocycles. The molecule has 4 rings (SSSR count). The predicted molar refractivity (Wildman–Crippen MR) is 78.0 cm³/mol. The number of pyridine rings is 1. The van der Waals surface area contributed by atoms with Crippen LogP contribution in [0.3, 0.4) is 0 Å². The van der Waals surface area contributed by atoms with Crippen molar-refractivity contribution in [2.75, 3.05) is 18.7 Å². The fourth-order valence-electron chi connectivity index (χ4n) is 2.45. The summed E-state index contributed by atoms with van der Waals surface area (Å²) in [5.41, 5.74) is 3.74. The van der Waals surface area contributed by atoms with Gasteiger partial charge < -0.3 is 14.6 Å². The third-order valence-electron chi connectivity index (χ3n) is 3.53. The van der Waals surface area contributed by atoms with Gasteiger partial charge in [-0.05, 0) is 24.3 Å². The van der Waals surface area contributed by atoms with Gasteiger partial charge in [-0.1, -0.05) is 6.07 Å². The lowest BCUT2D eigenvalue weighted by atomic mass is 10.1. The number of H-pyrrole nitrogens is 1. The number of rotatable bonds is 1. The summed E-state index contributed by atoms with van der Waals surface area (Å²) in [6.07, 6.45) is 1.72. The Morgan fingerprint density at radius 2 is 2.24 bits per heavy atom. The molecule has 104 valence electrons. The average molecular weight is 280 g/mol. The molecule has 0 spiro atoms. The Kier molecular flexibility index (Phi) is 2.44. The van der Waals surface area contributed by atoms with Crippen molar-refractivity contribution in [2.24, 2.45) is 0 Å². The molecule has 6 heteroatoms. The molecule has 6 nitrogen and oxygen atoms in total. The maximum absolute atomic E-state index is 11.9. The van der Waals surface area contributed by atoms with Crippen LogP contribution in [0.25, 0.3) is 22.6 Å². The van der Waals surface area contributed by atoms with Gasteiger partial charge in [-0.25, -0.2) is 9.78 Å². The van der Waals surface area contributed by atoms with Crippen molar-refractivity contribution in [1.29, 1.82) is 0 Å². The average Bonchev–Trinajstić information content (AvgIpc) is 2.94. The minimum Gasteiger partial charge on any atom is -0.441 e. The number of esters is 1. The van der Waals surface area contributed by atoms with Crippen LogP contribution in [0.2, 0.25) is 0 Å². The van der Waals surface area contributed by atoms with E-state index in [-0.39, 0.29) is 12.7 Å². The normalized spacial score (nSPS) is 14.1. The smallest absolute Gasteiger partial charge is 0.342 e. The Morgan fingerprint density at radius 1 is 1.33 bits per heavy atom. The number of aromatic nitrogens is 3. The minimum absolute atomic E-state index is 0.259. The van der Waals surface area contributed by atoms with Gasteiger partial charge in [0.05, 0.1) is 22.3 Å². The SMILES string of the molecule is CN1COC(=O)c2cc3[nH]c(-c4ccccn4)nc3cc21. The largest absolute Gasteiger partial charge is 0.441 e. The molecule has 0 atom stereocenters. The Bertz CT molecular complexity index is 842. The van der Waals surface area contributed by atoms with E-state index in [1.807, 2.05) is 36.2 Å². The Hall–Kier alpha value is -2.89. The lowest BCUT2D eigenvalue weighted by Gasteiger charge is -2.26. The Morgan fingerprint density at radius 3 is 3.05 bits per heavy atom. The monoisotopic (exact) mass is 280 g/mol. The molecule has 1 N–H and O–H groups in total. The maximum Gasteiger partial charge on any atom is 0.342 e. The van der Waals surface area contributed by atoms with E-state index in [1.165, 1.54) is 0 Å². The Labute approximate surface area is 120 Å². The highest BCUT2D eigenvalue weighted by molar-refractivity contribution is 6.02. The van der Waals surface area contributed by atoms with Crippen molar-refractivity contribution < 1.29 is 9.53 Å². The first-order valence-electron chi connectivity index (χ1n) is 6.56. The summed E-state index contributed by atoms with van der Waals surface area (Å²) in [5.74, 6) is 0.378. The molecule has 21 heavy (non-hydrogen) atoms. The maximum atomic E-state index is 11.9. The number of nitrogens with zero attached hydrogens (tertiary/aromatic N) is 3. The zero-order chi connectivity index (χ0) is 14.4. The van der Waals surface area contributed by atoms with Crippen LogP contribution < -0.4 is 4.90 Å². The first kappa shape index (κ1) is 11.9. The van der Waals surface area contributed by atoms with E-state index in [0.717, 1.165) is 22.4 Å². The molecule has 1 aliphatic rings. The molecule has 3 aromatic rings. The molecule has 0 fully saturated rings. The van der Waals surface area contributed by atoms with E-state index in [9.17, 15) is 4.79 Å². The number of aromatic amines is 1. The van der Waals surface area contributed by atoms with Crippen molar-refractivity contribution in [1.82, 2.24) is 15.0 Å². The lowest BCUT2D eigenvalue weighted by molar-refractivity contribution is 0.0487. The summed E-state index contributed by atoms with van der Waals surface area (Å²) in [6, 6.07) is 9.33. The predicted octanol–water partition coefficient (Wildman–Crippen LogP) is 2.19. The fourth-order valence-corrected chi connectivity index (χ4v) is 2.45. The fraction of sp³-hybridized carbons (Fsp3) is 0.133. The standard InChI is InChI=1S/C15H12N4O2/c1-19-8-21-15(20)9-6-11-12(7-13(9)19)18-14(17-11)10-4-2-3-5-16-10/h2-7H,8H2,1H3,(H,17,18). The van der Waals surface area contributed by atoms with Crippen LogP contribution in [-0.4, -0.2) is 34.7 Å². The van der Waals surface area contributed by atoms with Crippen LogP contribution in [0, 0.1) is 0 Å². The highest BCUT2D eigenvalue weighted by atomic mass is 16.5. The number of cyclic esters (lactones) is 1. The molecule has 0 aliphatic carbocycles. The quantitative estimate of drug-likeness (QED) is 0.692. The van der Waals surface area contributed by atoms with Crippen LogP contribution in [0.5, 0.6) is 0 Å². The van der Waals surface area contributed by atoms with E-state index in [1.54, 1.807) is 12.3 Å². The van der Waals surface area contributed by atoms with Crippen molar-refractivity contribution >= 4 is 22.7 Å². The second-order valence-corrected chi connectivity index (χ2v) is 4.95. The first-order chi connectivity index (χ1) is 10.2. The number of carbonyl (C=O) groups is 1. The molecule has 1 aliphatic heterocycles. The number of nitrogens with one attached hydrogen (secondary N) is 1. The zero-order valence-electron chi connectivity index (χ0n) is 11.3. The number of anilines is 1. The second kappa shape index (κ2) is 4.31. The van der Waals surface area contributed by atoms with E-state index < -0.39 is 0 Å². The Balaban J connectivity index is 1.91. The van der Waals surface area contributed by atoms with E-state index in [4.69, 9.17) is 4.74 Å². The van der Waals surface area contributed by atoms with Gasteiger partial charge in [0, 0.05) is 13.2 Å². The molecule has 3 heterocycles. The number of imidazole rings is 1. The number of ether oxygens (including phenoxy) is 1. The summed E-state index contributed by atoms with van der Waals surface area (Å²) >= 11 is 0. The zero-order valence-corrected chi connectivity index (χ0v) is 11.3. The second-order valence-electron chi connectivity index (χ2n) is 4.95. The highest BCUT2D eigenvalue weighted by Crippen LogP contribution is 2.30. The van der Waals surface area contributed by atoms with Crippen molar-refractivity contribution in [3.05, 3.63) is 42.1 Å². The van der Waals surface area contributed by atoms with Gasteiger partial charge in [0.2, 0.25) is 0 Å². The van der Waals surface area contributed by atoms with Gasteiger partial charge in [-0.15, -0.1) is 0 Å². The van der Waals surface area contributed by atoms with E-state index in [0.29, 0.717) is 11.4 Å². The number of carbonyl (C=O) groups excluding carboxylic acids is 1. The number of hydrogen-bond acceptors (Lipinski definition) is 5. The van der Waals surface area contributed by atoms with Gasteiger partial charge in [-0.2, -0.15) is 0 Å². The topological polar surface area (TPSA) is 71.1 Å². The van der Waals surface area contributed by atoms with Crippen LogP contribution in [0.4, 0.5) is 5.69 Å². The third kappa shape index (κ3) is 1.84. The molecule has 2 aromatic heterocycles. The number of hydrogen-bond donors (Lipinski definition) is 1. The molecule has 0 radical (unpaired) electrons. The summed E-state index contributed by atoms with van der Waals surface area (Å²) in [5, 5.41) is 0. The summed E-state index contributed by atoms with van der Waals surface area (Å²) < 4.78 is 5.10. The van der Waals surface area contributed by atoms with Crippen molar-refractivity contribution in [2.45, 2.75) is 0 Å². The van der Waals surface area contributed by atoms with Gasteiger partial charge in [0.25, 0.3) is 0 Å². The lowest BCUT2D eigenvalue weighted by Crippen LogP contribution is -2.30. The molecular weight excluding hydrogens is 268 g/mol. The third-order valence-corrected chi connectivity index (χ3v) is 3.53. The molecule has 0 saturated carbocycles. The van der Waals surface area contributed by atoms with Gasteiger partial charge >= 0.3 is 5.97 Å². The molecule has 0 unspecified atom stereocenters. The minimum atomic E-state index is -0.306. The van der Waals surface area contributed by atoms with Gasteiger partial charge in [-0.3, -0.25) is 4.98 Å². The summed E-state index contributed by atoms with van der Waals surface area (Å²) in [7, 11) is 1.88. The van der Waals surface area contributed by atoms with Crippen LogP contribution in [-0.2, 0) is 4.74 Å². The van der Waals surface area contributed by atoms with Crippen molar-refractivity contribution in [3.63, 3.8) is 0 Å². The van der Waals surface area contributed by atoms with Crippen LogP contribution in [0.1, 0.15) is 10.4 Å². The highest BCUT2D eigenvalue weighted by Gasteiger charge is 2.23. The number of fused-ring (bicyclic) bond motifs is 2. The van der Waals surface area contributed by atoms with Crippen LogP contribution >= 0.6 is 0 Å². The van der Waals surface area contributed by atoms with Gasteiger partial charge in [0.15, 0.2) is 12.6 Å². The van der Waals surface area contributed by atoms with E-state index in [2.05, 4.69) is 15.0 Å². The van der Waals surface area contributed by atoms with E-state index >= 15 is 0 Å². The van der Waals surface area contributed by atoms with Gasteiger partial charge in [0.1, 0.15) is 5.69 Å². The van der Waals surface area contributed by atoms with Crippen LogP contribution in [0.15, 0.2) is 36.5 Å². The summed E-state index contributed by atoms with van der Waals surface area (Å²) in [6.45, 7) is 0.259.